The third-order valence-corrected chi connectivity index (χ3v) is 17.1. The summed E-state index contributed by atoms with van der Waals surface area (Å²) in [7, 11) is 0. The van der Waals surface area contributed by atoms with Crippen molar-refractivity contribution >= 4 is 112 Å². The van der Waals surface area contributed by atoms with E-state index in [4.69, 9.17) is 44.9 Å². The molecule has 0 aliphatic carbocycles. The van der Waals surface area contributed by atoms with Crippen molar-refractivity contribution in [2.75, 3.05) is 6.79 Å². The second-order valence-corrected chi connectivity index (χ2v) is 27.2. The first-order valence-electron chi connectivity index (χ1n) is 30.8. The average Bonchev–Trinajstić information content (AvgIpc) is 1.32. The van der Waals surface area contributed by atoms with Gasteiger partial charge in [-0.3, -0.25) is 19.2 Å². The number of carbonyl (C=O) groups excluding carboxylic acids is 4. The topological polar surface area (TPSA) is 219 Å². The van der Waals surface area contributed by atoms with Crippen molar-refractivity contribution in [3.05, 3.63) is 247 Å². The Kier molecular flexibility index (Phi) is 39.7. The Labute approximate surface area is 666 Å². The van der Waals surface area contributed by atoms with Crippen LogP contribution in [-0.4, -0.2) is 70.3 Å². The maximum atomic E-state index is 10.0. The number of pyridine rings is 4. The molecule has 12 aromatic rings. The normalized spacial score (nSPS) is 11.0. The van der Waals surface area contributed by atoms with Crippen LogP contribution >= 0.6 is 45.3 Å². The van der Waals surface area contributed by atoms with Crippen LogP contribution in [0.5, 0.6) is 11.5 Å². The number of aliphatic hydroxyl groups is 4. The van der Waals surface area contributed by atoms with Crippen LogP contribution in [0.25, 0.3) is 85.9 Å². The Hall–Kier alpha value is -7.64. The predicted octanol–water partition coefficient (Wildman–Crippen LogP) is 21.1. The zero-order chi connectivity index (χ0) is 71.8. The summed E-state index contributed by atoms with van der Waals surface area (Å²) >= 11 is 6.88. The minimum atomic E-state index is -0.125. The van der Waals surface area contributed by atoms with Gasteiger partial charge in [0.15, 0.2) is 34.6 Å². The van der Waals surface area contributed by atoms with Gasteiger partial charge in [0.1, 0.15) is 0 Å². The van der Waals surface area contributed by atoms with Gasteiger partial charge in [-0.05, 0) is 129 Å². The molecule has 14 nitrogen and oxygen atoms in total. The molecule has 0 fully saturated rings. The number of nitrogens with zero attached hydrogens (tertiary/aromatic N) is 4. The molecule has 0 saturated carbocycles. The van der Waals surface area contributed by atoms with Gasteiger partial charge in [0, 0.05) is 127 Å². The van der Waals surface area contributed by atoms with E-state index >= 15 is 0 Å². The molecular formula is C80H78Ir4N4O10S4-4. The van der Waals surface area contributed by atoms with E-state index in [1.165, 1.54) is 133 Å². The maximum absolute atomic E-state index is 10.0. The zero-order valence-electron chi connectivity index (χ0n) is 58.8. The number of aromatic nitrogens is 4. The van der Waals surface area contributed by atoms with E-state index in [2.05, 4.69) is 156 Å². The van der Waals surface area contributed by atoms with Crippen LogP contribution in [0.4, 0.5) is 0 Å². The Morgan fingerprint density at radius 1 is 0.402 bits per heavy atom. The van der Waals surface area contributed by atoms with Gasteiger partial charge >= 0.3 is 0 Å². The zero-order valence-corrected chi connectivity index (χ0v) is 71.6. The van der Waals surface area contributed by atoms with E-state index in [0.29, 0.717) is 0 Å². The fraction of sp³-hybridized carbons (Fsp3) is 0.200. The van der Waals surface area contributed by atoms with Crippen molar-refractivity contribution in [1.29, 1.82) is 0 Å². The molecule has 1 aliphatic rings. The molecule has 0 bridgehead atoms. The maximum Gasteiger partial charge on any atom is 0.231 e. The SMILES string of the molecule is CC(=O)C=C(C)O.CC(=O)C=C(C)O.CC(=O)C=C(C)O.CC(=O)C=C(C)O.Cc1[c-]c(-c2cc(C)c3ccccc3n2)sc1.Cc1c[c-]c(-c2cc(C)c3cc4c(cc3n2)OCO4)s1.Cc1c[c-]c(-c2cc(C)c3ccccc3n2)s1.Cc1c[c-]c(-c2ccc3ccccc3n2)s1.[Ir].[Ir].[Ir].[Ir]. The number of carbonyl (C=O) groups is 4. The van der Waals surface area contributed by atoms with Gasteiger partial charge in [0.05, 0.1) is 45.1 Å². The minimum Gasteiger partial charge on any atom is -0.512 e. The predicted molar refractivity (Wildman–Crippen MR) is 403 cm³/mol. The third kappa shape index (κ3) is 30.0. The van der Waals surface area contributed by atoms with Crippen LogP contribution in [0.15, 0.2) is 186 Å². The van der Waals surface area contributed by atoms with Gasteiger partial charge in [-0.25, -0.2) is 45.3 Å². The molecule has 0 spiro atoms. The average molecular weight is 2150 g/mol. The van der Waals surface area contributed by atoms with Crippen molar-refractivity contribution < 1.29 is 129 Å². The Morgan fingerprint density at radius 3 is 1.11 bits per heavy atom. The van der Waals surface area contributed by atoms with Crippen molar-refractivity contribution in [2.45, 2.75) is 104 Å². The second-order valence-electron chi connectivity index (χ2n) is 22.6. The summed E-state index contributed by atoms with van der Waals surface area (Å²) in [5, 5.41) is 40.3. The summed E-state index contributed by atoms with van der Waals surface area (Å²) in [5.74, 6) is 1.32. The van der Waals surface area contributed by atoms with E-state index in [9.17, 15) is 19.2 Å². The van der Waals surface area contributed by atoms with Gasteiger partial charge in [-0.15, -0.1) is 5.38 Å². The van der Waals surface area contributed by atoms with E-state index in [-0.39, 0.29) is 133 Å². The van der Waals surface area contributed by atoms with Crippen LogP contribution in [0.2, 0.25) is 0 Å². The molecule has 102 heavy (non-hydrogen) atoms. The molecule has 4 aromatic carbocycles. The van der Waals surface area contributed by atoms with E-state index < -0.39 is 0 Å². The van der Waals surface area contributed by atoms with Crippen LogP contribution in [0.1, 0.15) is 92.3 Å². The van der Waals surface area contributed by atoms with Crippen molar-refractivity contribution in [3.8, 4) is 53.8 Å². The smallest absolute Gasteiger partial charge is 0.231 e. The van der Waals surface area contributed by atoms with Crippen LogP contribution in [0.3, 0.4) is 0 Å². The molecule has 0 atom stereocenters. The number of allylic oxidation sites excluding steroid dienone is 8. The number of benzene rings is 4. The molecule has 22 heteroatoms. The largest absolute Gasteiger partial charge is 0.512 e. The quantitative estimate of drug-likeness (QED) is 0.0632. The molecule has 4 radical (unpaired) electrons. The molecule has 1 aliphatic heterocycles. The minimum absolute atomic E-state index is 0. The monoisotopic (exact) mass is 2150 g/mol. The number of aryl methyl sites for hydroxylation is 7. The number of ether oxygens (including phenoxy) is 2. The number of para-hydroxylation sites is 3. The molecule has 13 rings (SSSR count). The van der Waals surface area contributed by atoms with Gasteiger partial charge in [0.25, 0.3) is 0 Å². The molecule has 9 heterocycles. The summed E-state index contributed by atoms with van der Waals surface area (Å²) in [6.07, 6.45) is 4.67. The molecule has 4 N–H and O–H groups in total. The number of rotatable bonds is 8. The van der Waals surface area contributed by atoms with Gasteiger partial charge < -0.3 is 49.8 Å². The van der Waals surface area contributed by atoms with Crippen LogP contribution in [-0.2, 0) is 99.6 Å². The fourth-order valence-corrected chi connectivity index (χ4v) is 12.4. The first kappa shape index (κ1) is 90.4. The molecule has 0 saturated heterocycles. The Balaban J connectivity index is 0.000000408. The Bertz CT molecular complexity index is 4670. The van der Waals surface area contributed by atoms with E-state index in [1.54, 1.807) is 45.3 Å². The van der Waals surface area contributed by atoms with E-state index in [0.717, 1.165) is 81.2 Å². The summed E-state index contributed by atoms with van der Waals surface area (Å²) in [5.41, 5.74) is 13.0. The number of ketones is 4. The van der Waals surface area contributed by atoms with Crippen molar-refractivity contribution in [2.24, 2.45) is 0 Å². The van der Waals surface area contributed by atoms with Gasteiger partial charge in [-0.2, -0.15) is 48.0 Å². The second kappa shape index (κ2) is 44.8. The summed E-state index contributed by atoms with van der Waals surface area (Å²) < 4.78 is 10.9. The number of fused-ring (bicyclic) bond motifs is 5. The summed E-state index contributed by atoms with van der Waals surface area (Å²) in [4.78, 5) is 67.1. The molecule has 0 amide bonds. The standard InChI is InChI=1S/C16H12NO2S.2C15H12NS.C14H10NS.4C5H8O2.4Ir/c1-9-5-13(16-4-3-10(2)20-16)17-12-7-15-14(6-11(9)12)18-8-19-15;1-10-7-15(17-9-10)14-8-11(2)12-5-3-4-6-13(12)16-14;1-10-9-14(15-8-7-11(2)17-15)16-13-6-4-3-5-12(10)13;1-10-6-9-14(16-10)13-8-7-11-4-2-3-5-12(11)15-13;4*1-4(6)3-5(2)7;;;;/h3,5-7H,8H2,1-2H3;3-6,8-9H,1-2H3;3-7,9H,1-2H3;2-8H,1H3;4*3,6H,1-2H3;;;;/q4*-1;;;;;;;;. The number of hydrogen-bond acceptors (Lipinski definition) is 18. The molecule has 542 valence electrons. The Morgan fingerprint density at radius 2 is 0.745 bits per heavy atom. The fourth-order valence-electron chi connectivity index (χ4n) is 9.25. The number of hydrogen-bond donors (Lipinski definition) is 4. The first-order valence-corrected chi connectivity index (χ1v) is 34.1. The van der Waals surface area contributed by atoms with E-state index in [1.807, 2.05) is 60.7 Å². The molecule has 0 unspecified atom stereocenters. The number of thiophene rings is 4. The van der Waals surface area contributed by atoms with Crippen LogP contribution < -0.4 is 9.47 Å². The van der Waals surface area contributed by atoms with Crippen molar-refractivity contribution in [3.63, 3.8) is 0 Å². The first-order chi connectivity index (χ1) is 46.5. The number of aliphatic hydroxyl groups excluding tert-OH is 4. The summed E-state index contributed by atoms with van der Waals surface area (Å²) in [6.45, 7) is 26.4. The summed E-state index contributed by atoms with van der Waals surface area (Å²) in [6, 6.07) is 58.4. The van der Waals surface area contributed by atoms with Gasteiger partial charge in [0.2, 0.25) is 6.79 Å². The van der Waals surface area contributed by atoms with Crippen molar-refractivity contribution in [1.82, 2.24) is 19.9 Å². The third-order valence-electron chi connectivity index (χ3n) is 13.2. The van der Waals surface area contributed by atoms with Crippen LogP contribution in [0, 0.1) is 72.7 Å². The molecular weight excluding hydrogens is 2070 g/mol. The molecule has 8 aromatic heterocycles. The van der Waals surface area contributed by atoms with Gasteiger partial charge in [-0.1, -0.05) is 163 Å².